The van der Waals surface area contributed by atoms with Gasteiger partial charge in [-0.3, -0.25) is 14.4 Å². The fourth-order valence-electron chi connectivity index (χ4n) is 3.97. The van der Waals surface area contributed by atoms with Gasteiger partial charge in [0.15, 0.2) is 0 Å². The number of rotatable bonds is 6. The molecule has 3 aromatic carbocycles. The summed E-state index contributed by atoms with van der Waals surface area (Å²) < 4.78 is 0. The Labute approximate surface area is 191 Å². The van der Waals surface area contributed by atoms with Gasteiger partial charge in [0.2, 0.25) is 0 Å². The Morgan fingerprint density at radius 3 is 2.44 bits per heavy atom. The number of hydrogen-bond donors (Lipinski definition) is 2. The van der Waals surface area contributed by atoms with E-state index in [0.29, 0.717) is 40.1 Å². The summed E-state index contributed by atoms with van der Waals surface area (Å²) >= 11 is 6.02. The molecule has 1 amide bonds. The largest absolute Gasteiger partial charge is 0.376 e. The van der Waals surface area contributed by atoms with Crippen LogP contribution < -0.4 is 26.4 Å². The fraction of sp³-hybridized carbons (Fsp3) is 0.320. The molecule has 0 bridgehead atoms. The van der Waals surface area contributed by atoms with E-state index in [9.17, 15) is 14.4 Å². The van der Waals surface area contributed by atoms with Crippen LogP contribution in [0.5, 0.6) is 0 Å². The maximum absolute atomic E-state index is 12.6. The van der Waals surface area contributed by atoms with E-state index in [-0.39, 0.29) is 5.91 Å². The molecule has 166 valence electrons. The van der Waals surface area contributed by atoms with Gasteiger partial charge in [0.1, 0.15) is 11.4 Å². The van der Waals surface area contributed by atoms with E-state index in [1.54, 1.807) is 24.3 Å². The molecule has 0 radical (unpaired) electrons. The van der Waals surface area contributed by atoms with Gasteiger partial charge in [0.05, 0.1) is 0 Å². The summed E-state index contributed by atoms with van der Waals surface area (Å²) in [6, 6.07) is 12.5. The van der Waals surface area contributed by atoms with E-state index in [0.717, 1.165) is 37.1 Å². The smallest absolute Gasteiger partial charge is 0.255 e. The van der Waals surface area contributed by atoms with Crippen molar-refractivity contribution in [3.63, 3.8) is 0 Å². The predicted molar refractivity (Wildman–Crippen MR) is 130 cm³/mol. The Bertz CT molecular complexity index is 1200. The average molecular weight is 452 g/mol. The summed E-state index contributed by atoms with van der Waals surface area (Å²) in [7, 11) is 0. The second-order valence-electron chi connectivity index (χ2n) is 8.52. The van der Waals surface area contributed by atoms with E-state index in [1.165, 1.54) is 0 Å². The number of piperidine rings is 1. The number of hydrogen-bond acceptors (Lipinski definition) is 5. The van der Waals surface area contributed by atoms with Crippen LogP contribution in [0.1, 0.15) is 41.3 Å². The summed E-state index contributed by atoms with van der Waals surface area (Å²) in [5, 5.41) is 6.57. The molecular weight excluding hydrogens is 426 g/mol. The number of amides is 1. The minimum Gasteiger partial charge on any atom is -0.376 e. The summed E-state index contributed by atoms with van der Waals surface area (Å²) in [4.78, 5) is 38.8. The Morgan fingerprint density at radius 1 is 1.06 bits per heavy atom. The molecule has 1 heterocycles. The topological polar surface area (TPSA) is 78.5 Å². The van der Waals surface area contributed by atoms with Crippen molar-refractivity contribution in [3.05, 3.63) is 84.6 Å². The second kappa shape index (κ2) is 9.17. The van der Waals surface area contributed by atoms with Gasteiger partial charge < -0.3 is 15.5 Å². The molecule has 4 rings (SSSR count). The van der Waals surface area contributed by atoms with E-state index in [2.05, 4.69) is 17.6 Å². The number of carbonyl (C=O) groups excluding carboxylic acids is 1. The third-order valence-corrected chi connectivity index (χ3v) is 6.35. The zero-order chi connectivity index (χ0) is 22.8. The van der Waals surface area contributed by atoms with Crippen LogP contribution >= 0.6 is 11.6 Å². The fourth-order valence-corrected chi connectivity index (χ4v) is 4.14. The van der Waals surface area contributed by atoms with Gasteiger partial charge in [-0.15, -0.1) is 0 Å². The molecule has 0 aliphatic carbocycles. The molecule has 2 N–H and O–H groups in total. The highest BCUT2D eigenvalue weighted by molar-refractivity contribution is 6.31. The average Bonchev–Trinajstić information content (AvgIpc) is 2.79. The molecule has 7 heteroatoms. The SMILES string of the molecule is Cc1ccc(Cl)cc1NC(=O)c1ccc(CNc2c(N3CCC(C)CC3)c(=O)c2=O)cc1. The number of nitrogens with zero attached hydrogens (tertiary/aromatic N) is 1. The maximum Gasteiger partial charge on any atom is 0.255 e. The molecule has 0 spiro atoms. The third kappa shape index (κ3) is 4.55. The van der Waals surface area contributed by atoms with Gasteiger partial charge in [-0.2, -0.15) is 0 Å². The standard InChI is InChI=1S/C25H26ClN3O3/c1-15-9-11-29(12-10-15)22-21(23(30)24(22)31)27-14-17-4-6-18(7-5-17)25(32)28-20-13-19(26)8-3-16(20)2/h3-8,13,15,27H,9-12,14H2,1-2H3,(H,28,32). The van der Waals surface area contributed by atoms with E-state index < -0.39 is 10.9 Å². The molecule has 0 saturated carbocycles. The number of benzene rings is 2. The van der Waals surface area contributed by atoms with Crippen molar-refractivity contribution in [1.82, 2.24) is 0 Å². The van der Waals surface area contributed by atoms with Crippen LogP contribution in [0.3, 0.4) is 0 Å². The Balaban J connectivity index is 1.39. The van der Waals surface area contributed by atoms with Crippen molar-refractivity contribution >= 4 is 34.6 Å². The lowest BCUT2D eigenvalue weighted by molar-refractivity contribution is 0.102. The molecule has 0 aromatic heterocycles. The maximum atomic E-state index is 12.6. The molecule has 1 aliphatic heterocycles. The van der Waals surface area contributed by atoms with Gasteiger partial charge in [-0.05, 0) is 61.1 Å². The first-order valence-electron chi connectivity index (χ1n) is 10.8. The minimum absolute atomic E-state index is 0.223. The number of carbonyl (C=O) groups is 1. The van der Waals surface area contributed by atoms with Crippen LogP contribution in [0.25, 0.3) is 0 Å². The Kier molecular flexibility index (Phi) is 6.33. The van der Waals surface area contributed by atoms with Crippen molar-refractivity contribution < 1.29 is 4.79 Å². The van der Waals surface area contributed by atoms with E-state index in [4.69, 9.17) is 11.6 Å². The monoisotopic (exact) mass is 451 g/mol. The quantitative estimate of drug-likeness (QED) is 0.545. The predicted octanol–water partition coefficient (Wildman–Crippen LogP) is 4.35. The lowest BCUT2D eigenvalue weighted by atomic mass is 9.98. The number of halogens is 1. The molecule has 1 saturated heterocycles. The van der Waals surface area contributed by atoms with Crippen LogP contribution in [0.2, 0.25) is 5.02 Å². The van der Waals surface area contributed by atoms with Gasteiger partial charge in [0.25, 0.3) is 16.8 Å². The van der Waals surface area contributed by atoms with E-state index in [1.807, 2.05) is 30.0 Å². The third-order valence-electron chi connectivity index (χ3n) is 6.12. The van der Waals surface area contributed by atoms with E-state index >= 15 is 0 Å². The molecule has 1 aliphatic rings. The first-order valence-corrected chi connectivity index (χ1v) is 11.2. The van der Waals surface area contributed by atoms with Crippen molar-refractivity contribution in [2.75, 3.05) is 28.6 Å². The highest BCUT2D eigenvalue weighted by Crippen LogP contribution is 2.26. The molecule has 1 fully saturated rings. The van der Waals surface area contributed by atoms with Gasteiger partial charge in [0, 0.05) is 35.9 Å². The lowest BCUT2D eigenvalue weighted by Gasteiger charge is -2.33. The zero-order valence-corrected chi connectivity index (χ0v) is 19.0. The van der Waals surface area contributed by atoms with Crippen LogP contribution in [-0.4, -0.2) is 19.0 Å². The highest BCUT2D eigenvalue weighted by Gasteiger charge is 2.28. The van der Waals surface area contributed by atoms with Crippen LogP contribution in [-0.2, 0) is 6.54 Å². The molecule has 6 nitrogen and oxygen atoms in total. The highest BCUT2D eigenvalue weighted by atomic mass is 35.5. The summed E-state index contributed by atoms with van der Waals surface area (Å²) in [6.07, 6.45) is 2.05. The lowest BCUT2D eigenvalue weighted by Crippen LogP contribution is -2.45. The Hall–Kier alpha value is -3.12. The normalized spacial score (nSPS) is 14.5. The van der Waals surface area contributed by atoms with Gasteiger partial charge >= 0.3 is 0 Å². The van der Waals surface area contributed by atoms with Crippen molar-refractivity contribution in [3.8, 4) is 0 Å². The minimum atomic E-state index is -0.452. The Morgan fingerprint density at radius 2 is 1.75 bits per heavy atom. The summed E-state index contributed by atoms with van der Waals surface area (Å²) in [5.74, 6) is 0.423. The van der Waals surface area contributed by atoms with Gasteiger partial charge in [-0.1, -0.05) is 36.7 Å². The van der Waals surface area contributed by atoms with Crippen LogP contribution in [0, 0.1) is 12.8 Å². The second-order valence-corrected chi connectivity index (χ2v) is 8.95. The molecule has 32 heavy (non-hydrogen) atoms. The molecular formula is C25H26ClN3O3. The first-order chi connectivity index (χ1) is 15.3. The van der Waals surface area contributed by atoms with Crippen LogP contribution in [0.4, 0.5) is 17.1 Å². The summed E-state index contributed by atoms with van der Waals surface area (Å²) in [6.45, 7) is 6.12. The number of anilines is 3. The van der Waals surface area contributed by atoms with Crippen molar-refractivity contribution in [2.45, 2.75) is 33.2 Å². The zero-order valence-electron chi connectivity index (χ0n) is 18.2. The van der Waals surface area contributed by atoms with Crippen LogP contribution in [0.15, 0.2) is 52.1 Å². The number of nitrogens with one attached hydrogen (secondary N) is 2. The molecule has 0 unspecified atom stereocenters. The number of aryl methyl sites for hydroxylation is 1. The first kappa shape index (κ1) is 22.1. The van der Waals surface area contributed by atoms with Crippen molar-refractivity contribution in [1.29, 1.82) is 0 Å². The molecule has 3 aromatic rings. The van der Waals surface area contributed by atoms with Gasteiger partial charge in [-0.25, -0.2) is 0 Å². The summed E-state index contributed by atoms with van der Waals surface area (Å²) in [5.41, 5.74) is 3.11. The molecule has 0 atom stereocenters. The van der Waals surface area contributed by atoms with Crippen molar-refractivity contribution in [2.24, 2.45) is 5.92 Å².